The molecule has 24 heavy (non-hydrogen) atoms. The molecule has 0 spiro atoms. The molecule has 1 aromatic heterocycles. The van der Waals surface area contributed by atoms with Gasteiger partial charge in [0.25, 0.3) is 0 Å². The summed E-state index contributed by atoms with van der Waals surface area (Å²) in [7, 11) is 1.70. The number of halogens is 1. The number of hydrogen-bond donors (Lipinski definition) is 0. The van der Waals surface area contributed by atoms with Gasteiger partial charge in [-0.2, -0.15) is 5.10 Å². The maximum Gasteiger partial charge on any atom is 0.242 e. The number of rotatable bonds is 5. The Hall–Kier alpha value is -2.56. The highest BCUT2D eigenvalue weighted by molar-refractivity contribution is 5.92. The summed E-state index contributed by atoms with van der Waals surface area (Å²) in [4.78, 5) is 15.9. The van der Waals surface area contributed by atoms with E-state index in [1.165, 1.54) is 11.1 Å². The lowest BCUT2D eigenvalue weighted by Gasteiger charge is -2.19. The van der Waals surface area contributed by atoms with Crippen LogP contribution in [0.15, 0.2) is 47.7 Å². The number of benzene rings is 1. The Balaban J connectivity index is 1.57. The van der Waals surface area contributed by atoms with E-state index in [-0.39, 0.29) is 11.7 Å². The molecule has 0 saturated carbocycles. The molecule has 2 aromatic rings. The normalized spacial score (nSPS) is 14.7. The summed E-state index contributed by atoms with van der Waals surface area (Å²) in [5.41, 5.74) is 4.04. The van der Waals surface area contributed by atoms with Gasteiger partial charge in [0.2, 0.25) is 5.91 Å². The highest BCUT2D eigenvalue weighted by Gasteiger charge is 2.16. The minimum Gasteiger partial charge on any atom is -0.273 e. The smallest absolute Gasteiger partial charge is 0.242 e. The zero-order chi connectivity index (χ0) is 16.9. The largest absolute Gasteiger partial charge is 0.273 e. The molecule has 2 heterocycles. The van der Waals surface area contributed by atoms with Crippen molar-refractivity contribution in [2.75, 3.05) is 7.05 Å². The number of hydrogen-bond acceptors (Lipinski definition) is 3. The third-order valence-electron chi connectivity index (χ3n) is 4.13. The fourth-order valence-corrected chi connectivity index (χ4v) is 2.77. The monoisotopic (exact) mass is 325 g/mol. The minimum atomic E-state index is -0.214. The van der Waals surface area contributed by atoms with E-state index < -0.39 is 0 Å². The number of nitrogens with zero attached hydrogens (tertiary/aromatic N) is 3. The van der Waals surface area contributed by atoms with Gasteiger partial charge in [-0.3, -0.25) is 9.78 Å². The second-order valence-corrected chi connectivity index (χ2v) is 6.05. The number of hydrazone groups is 1. The number of aryl methyl sites for hydroxylation is 1. The first-order chi connectivity index (χ1) is 11.6. The highest BCUT2D eigenvalue weighted by atomic mass is 19.1. The van der Waals surface area contributed by atoms with Gasteiger partial charge >= 0.3 is 0 Å². The molecular weight excluding hydrogens is 305 g/mol. The van der Waals surface area contributed by atoms with Crippen LogP contribution in [0.2, 0.25) is 0 Å². The molecule has 1 aliphatic rings. The van der Waals surface area contributed by atoms with E-state index >= 15 is 0 Å². The van der Waals surface area contributed by atoms with Crippen LogP contribution in [0.25, 0.3) is 0 Å². The van der Waals surface area contributed by atoms with Gasteiger partial charge in [0, 0.05) is 31.1 Å². The molecule has 0 N–H and O–H groups in total. The molecule has 1 amide bonds. The van der Waals surface area contributed by atoms with Gasteiger partial charge in [0.05, 0.1) is 0 Å². The summed E-state index contributed by atoms with van der Waals surface area (Å²) >= 11 is 0. The van der Waals surface area contributed by atoms with Crippen molar-refractivity contribution >= 4 is 11.6 Å². The maximum absolute atomic E-state index is 13.2. The van der Waals surface area contributed by atoms with E-state index in [4.69, 9.17) is 0 Å². The third-order valence-corrected chi connectivity index (χ3v) is 4.13. The van der Waals surface area contributed by atoms with Crippen molar-refractivity contribution < 1.29 is 9.18 Å². The van der Waals surface area contributed by atoms with Crippen LogP contribution in [0.5, 0.6) is 0 Å². The fraction of sp³-hybridized carbons (Fsp3) is 0.316. The van der Waals surface area contributed by atoms with Gasteiger partial charge in [-0.25, -0.2) is 9.40 Å². The third kappa shape index (κ3) is 4.25. The van der Waals surface area contributed by atoms with Crippen molar-refractivity contribution in [3.63, 3.8) is 0 Å². The van der Waals surface area contributed by atoms with Gasteiger partial charge < -0.3 is 0 Å². The topological polar surface area (TPSA) is 45.6 Å². The van der Waals surface area contributed by atoms with Gasteiger partial charge in [-0.05, 0) is 55.0 Å². The van der Waals surface area contributed by atoms with Crippen LogP contribution in [0, 0.1) is 5.82 Å². The van der Waals surface area contributed by atoms with E-state index in [1.807, 2.05) is 24.4 Å². The number of pyridine rings is 1. The first-order valence-electron chi connectivity index (χ1n) is 8.11. The average molecular weight is 325 g/mol. The number of carbonyl (C=O) groups excluding carboxylic acids is 1. The Bertz CT molecular complexity index is 755. The summed E-state index contributed by atoms with van der Waals surface area (Å²) in [5.74, 6) is -0.146. The molecule has 1 aromatic carbocycles. The predicted molar refractivity (Wildman–Crippen MR) is 91.2 cm³/mol. The standard InChI is InChI=1S/C19H20FN3O/c1-23-19(24)10-9-18(22-23)8-7-17-6-5-15(13-21-17)11-14-3-2-4-16(20)12-14/h2-6,12-13H,7-11H2,1H3. The summed E-state index contributed by atoms with van der Waals surface area (Å²) in [6, 6.07) is 10.7. The van der Waals surface area contributed by atoms with Gasteiger partial charge in [0.15, 0.2) is 0 Å². The Morgan fingerprint density at radius 1 is 1.12 bits per heavy atom. The molecule has 0 radical (unpaired) electrons. The molecular formula is C19H20FN3O. The van der Waals surface area contributed by atoms with Crippen LogP contribution in [-0.2, 0) is 17.6 Å². The van der Waals surface area contributed by atoms with Crippen LogP contribution < -0.4 is 0 Å². The lowest BCUT2D eigenvalue weighted by Crippen LogP contribution is -2.28. The van der Waals surface area contributed by atoms with Crippen LogP contribution in [-0.4, -0.2) is 28.7 Å². The molecule has 0 atom stereocenters. The summed E-state index contributed by atoms with van der Waals surface area (Å²) in [6.07, 6.45) is 5.41. The molecule has 3 rings (SSSR count). The van der Waals surface area contributed by atoms with E-state index in [1.54, 1.807) is 19.2 Å². The SMILES string of the molecule is CN1N=C(CCc2ccc(Cc3cccc(F)c3)cn2)CCC1=O. The van der Waals surface area contributed by atoms with Gasteiger partial charge in [0.1, 0.15) is 5.82 Å². The van der Waals surface area contributed by atoms with Crippen molar-refractivity contribution in [1.29, 1.82) is 0 Å². The van der Waals surface area contributed by atoms with Crippen molar-refractivity contribution in [2.24, 2.45) is 5.10 Å². The van der Waals surface area contributed by atoms with E-state index in [0.717, 1.165) is 41.8 Å². The molecule has 0 saturated heterocycles. The quantitative estimate of drug-likeness (QED) is 0.846. The zero-order valence-electron chi connectivity index (χ0n) is 13.7. The molecule has 1 aliphatic heterocycles. The van der Waals surface area contributed by atoms with Gasteiger partial charge in [-0.15, -0.1) is 0 Å². The lowest BCUT2D eigenvalue weighted by atomic mass is 10.0. The van der Waals surface area contributed by atoms with Crippen LogP contribution in [0.4, 0.5) is 4.39 Å². The first-order valence-corrected chi connectivity index (χ1v) is 8.11. The Morgan fingerprint density at radius 3 is 2.71 bits per heavy atom. The second kappa shape index (κ2) is 7.34. The summed E-state index contributed by atoms with van der Waals surface area (Å²) in [6.45, 7) is 0. The molecule has 0 bridgehead atoms. The van der Waals surface area contributed by atoms with Crippen LogP contribution in [0.1, 0.15) is 36.1 Å². The summed E-state index contributed by atoms with van der Waals surface area (Å²) < 4.78 is 13.2. The Kier molecular flexibility index (Phi) is 4.99. The van der Waals surface area contributed by atoms with Crippen LogP contribution in [0.3, 0.4) is 0 Å². The summed E-state index contributed by atoms with van der Waals surface area (Å²) in [5, 5.41) is 5.72. The minimum absolute atomic E-state index is 0.0681. The number of amides is 1. The number of carbonyl (C=O) groups is 1. The molecule has 5 heteroatoms. The molecule has 0 fully saturated rings. The van der Waals surface area contributed by atoms with Crippen molar-refractivity contribution in [2.45, 2.75) is 32.1 Å². The lowest BCUT2D eigenvalue weighted by molar-refractivity contribution is -0.130. The molecule has 0 aliphatic carbocycles. The van der Waals surface area contributed by atoms with Crippen molar-refractivity contribution in [3.8, 4) is 0 Å². The maximum atomic E-state index is 13.2. The van der Waals surface area contributed by atoms with E-state index in [0.29, 0.717) is 12.8 Å². The van der Waals surface area contributed by atoms with Crippen molar-refractivity contribution in [3.05, 3.63) is 65.2 Å². The molecule has 0 unspecified atom stereocenters. The van der Waals surface area contributed by atoms with E-state index in [2.05, 4.69) is 10.1 Å². The average Bonchev–Trinajstić information content (AvgIpc) is 2.57. The van der Waals surface area contributed by atoms with E-state index in [9.17, 15) is 9.18 Å². The molecule has 124 valence electrons. The second-order valence-electron chi connectivity index (χ2n) is 6.05. The Morgan fingerprint density at radius 2 is 2.00 bits per heavy atom. The number of aromatic nitrogens is 1. The highest BCUT2D eigenvalue weighted by Crippen LogP contribution is 2.14. The first kappa shape index (κ1) is 16.3. The molecule has 4 nitrogen and oxygen atoms in total. The van der Waals surface area contributed by atoms with Crippen LogP contribution >= 0.6 is 0 Å². The van der Waals surface area contributed by atoms with Crippen molar-refractivity contribution in [1.82, 2.24) is 9.99 Å². The fourth-order valence-electron chi connectivity index (χ4n) is 2.77. The predicted octanol–water partition coefficient (Wildman–Crippen LogP) is 3.35. The van der Waals surface area contributed by atoms with Gasteiger partial charge in [-0.1, -0.05) is 18.2 Å². The zero-order valence-corrected chi connectivity index (χ0v) is 13.7. The Labute approximate surface area is 141 Å².